The van der Waals surface area contributed by atoms with E-state index >= 15 is 0 Å². The third kappa shape index (κ3) is 3.67. The highest BCUT2D eigenvalue weighted by Gasteiger charge is 2.10. The lowest BCUT2D eigenvalue weighted by atomic mass is 10.2. The minimum absolute atomic E-state index is 0.245. The van der Waals surface area contributed by atoms with Crippen LogP contribution in [0.2, 0.25) is 15.1 Å². The summed E-state index contributed by atoms with van der Waals surface area (Å²) in [5.74, 6) is 0.461. The first-order chi connectivity index (χ1) is 9.51. The molecule has 0 saturated carbocycles. The smallest absolute Gasteiger partial charge is 0.152 e. The van der Waals surface area contributed by atoms with Crippen molar-refractivity contribution < 1.29 is 9.53 Å². The lowest BCUT2D eigenvalue weighted by Gasteiger charge is -2.11. The predicted octanol–water partition coefficient (Wildman–Crippen LogP) is 5.80. The van der Waals surface area contributed by atoms with Gasteiger partial charge in [-0.1, -0.05) is 40.9 Å². The molecule has 0 fully saturated rings. The first kappa shape index (κ1) is 15.6. The molecule has 0 bridgehead atoms. The number of halogens is 4. The van der Waals surface area contributed by atoms with Gasteiger partial charge in [0.05, 0.1) is 9.50 Å². The third-order valence-electron chi connectivity index (χ3n) is 2.54. The van der Waals surface area contributed by atoms with Crippen molar-refractivity contribution in [2.45, 2.75) is 6.61 Å². The van der Waals surface area contributed by atoms with Gasteiger partial charge < -0.3 is 4.74 Å². The topological polar surface area (TPSA) is 26.3 Å². The first-order valence-corrected chi connectivity index (χ1v) is 7.45. The molecule has 0 aromatic heterocycles. The van der Waals surface area contributed by atoms with Gasteiger partial charge in [0.15, 0.2) is 5.75 Å². The fourth-order valence-electron chi connectivity index (χ4n) is 1.57. The Morgan fingerprint density at radius 1 is 1.10 bits per heavy atom. The Kier molecular flexibility index (Phi) is 5.33. The van der Waals surface area contributed by atoms with Crippen LogP contribution in [0.1, 0.15) is 15.9 Å². The normalized spacial score (nSPS) is 10.4. The van der Waals surface area contributed by atoms with Crippen LogP contribution in [0.4, 0.5) is 0 Å². The molecular formula is C14H8BrCl3O2. The van der Waals surface area contributed by atoms with Crippen molar-refractivity contribution in [3.63, 3.8) is 0 Å². The van der Waals surface area contributed by atoms with E-state index in [1.165, 1.54) is 6.07 Å². The van der Waals surface area contributed by atoms with Gasteiger partial charge in [0, 0.05) is 21.2 Å². The molecule has 2 nitrogen and oxygen atoms in total. The Morgan fingerprint density at radius 3 is 2.45 bits per heavy atom. The summed E-state index contributed by atoms with van der Waals surface area (Å²) in [6.45, 7) is 0.245. The number of hydrogen-bond acceptors (Lipinski definition) is 2. The zero-order valence-electron chi connectivity index (χ0n) is 10.00. The molecule has 2 rings (SSSR count). The molecule has 6 heteroatoms. The molecule has 0 aliphatic heterocycles. The van der Waals surface area contributed by atoms with E-state index in [4.69, 9.17) is 39.5 Å². The summed E-state index contributed by atoms with van der Waals surface area (Å²) in [7, 11) is 0. The Bertz CT molecular complexity index is 636. The molecule has 0 saturated heterocycles. The summed E-state index contributed by atoms with van der Waals surface area (Å²) in [5, 5.41) is 1.44. The van der Waals surface area contributed by atoms with Crippen LogP contribution in [0.5, 0.6) is 5.75 Å². The van der Waals surface area contributed by atoms with Gasteiger partial charge in [-0.05, 0) is 40.2 Å². The van der Waals surface area contributed by atoms with E-state index in [9.17, 15) is 4.79 Å². The molecule has 0 radical (unpaired) electrons. The predicted molar refractivity (Wildman–Crippen MR) is 85.3 cm³/mol. The minimum atomic E-state index is 0.245. The van der Waals surface area contributed by atoms with Gasteiger partial charge in [-0.25, -0.2) is 0 Å². The number of benzene rings is 2. The number of rotatable bonds is 4. The molecule has 0 unspecified atom stereocenters. The van der Waals surface area contributed by atoms with Crippen molar-refractivity contribution in [2.24, 2.45) is 0 Å². The molecule has 0 aliphatic carbocycles. The van der Waals surface area contributed by atoms with Crippen molar-refractivity contribution in [2.75, 3.05) is 0 Å². The highest BCUT2D eigenvalue weighted by molar-refractivity contribution is 9.10. The summed E-state index contributed by atoms with van der Waals surface area (Å²) >= 11 is 21.3. The molecule has 104 valence electrons. The maximum atomic E-state index is 10.7. The molecule has 2 aromatic carbocycles. The van der Waals surface area contributed by atoms with Gasteiger partial charge >= 0.3 is 0 Å². The third-order valence-corrected chi connectivity index (χ3v) is 4.00. The van der Waals surface area contributed by atoms with Crippen molar-refractivity contribution >= 4 is 57.0 Å². The first-order valence-electron chi connectivity index (χ1n) is 5.52. The summed E-state index contributed by atoms with van der Waals surface area (Å²) in [5.41, 5.74) is 1.26. The quantitative estimate of drug-likeness (QED) is 0.613. The highest BCUT2D eigenvalue weighted by Crippen LogP contribution is 2.35. The van der Waals surface area contributed by atoms with Crippen molar-refractivity contribution in [1.82, 2.24) is 0 Å². The van der Waals surface area contributed by atoms with Crippen LogP contribution in [0.25, 0.3) is 0 Å². The standard InChI is InChI=1S/C14H8BrCl3O2/c15-11-3-8(6-19)4-13(18)14(11)20-7-9-1-2-10(16)5-12(9)17/h1-6H,7H2. The van der Waals surface area contributed by atoms with Crippen molar-refractivity contribution in [3.8, 4) is 5.75 Å². The van der Waals surface area contributed by atoms with Gasteiger partial charge in [-0.15, -0.1) is 0 Å². The fourth-order valence-corrected chi connectivity index (χ4v) is 3.03. The number of aldehydes is 1. The molecule has 0 aliphatic rings. The fraction of sp³-hybridized carbons (Fsp3) is 0.0714. The van der Waals surface area contributed by atoms with E-state index in [0.717, 1.165) is 11.8 Å². The summed E-state index contributed by atoms with van der Waals surface area (Å²) < 4.78 is 6.26. The largest absolute Gasteiger partial charge is 0.486 e. The van der Waals surface area contributed by atoms with Gasteiger partial charge in [0.1, 0.15) is 12.9 Å². The summed E-state index contributed by atoms with van der Waals surface area (Å²) in [6.07, 6.45) is 0.719. The maximum absolute atomic E-state index is 10.7. The monoisotopic (exact) mass is 392 g/mol. The van der Waals surface area contributed by atoms with E-state index in [0.29, 0.717) is 30.9 Å². The number of ether oxygens (including phenoxy) is 1. The Hall–Kier alpha value is -0.740. The molecular weight excluding hydrogens is 386 g/mol. The van der Waals surface area contributed by atoms with Crippen LogP contribution in [-0.2, 0) is 6.61 Å². The average Bonchev–Trinajstić information content (AvgIpc) is 2.39. The van der Waals surface area contributed by atoms with Crippen molar-refractivity contribution in [1.29, 1.82) is 0 Å². The lowest BCUT2D eigenvalue weighted by Crippen LogP contribution is -1.98. The van der Waals surface area contributed by atoms with Crippen molar-refractivity contribution in [3.05, 3.63) is 61.0 Å². The Morgan fingerprint density at radius 2 is 1.85 bits per heavy atom. The van der Waals surface area contributed by atoms with Gasteiger partial charge in [-0.2, -0.15) is 0 Å². The molecule has 0 amide bonds. The van der Waals surface area contributed by atoms with Gasteiger partial charge in [-0.3, -0.25) is 4.79 Å². The van der Waals surface area contributed by atoms with E-state index in [-0.39, 0.29) is 6.61 Å². The molecule has 0 N–H and O–H groups in total. The van der Waals surface area contributed by atoms with Gasteiger partial charge in [0.2, 0.25) is 0 Å². The van der Waals surface area contributed by atoms with E-state index < -0.39 is 0 Å². The van der Waals surface area contributed by atoms with E-state index in [2.05, 4.69) is 15.9 Å². The Labute approximate surface area is 139 Å². The second-order valence-electron chi connectivity index (χ2n) is 3.96. The van der Waals surface area contributed by atoms with Gasteiger partial charge in [0.25, 0.3) is 0 Å². The highest BCUT2D eigenvalue weighted by atomic mass is 79.9. The van der Waals surface area contributed by atoms with Crippen LogP contribution in [-0.4, -0.2) is 6.29 Å². The lowest BCUT2D eigenvalue weighted by molar-refractivity contribution is 0.112. The molecule has 0 spiro atoms. The minimum Gasteiger partial charge on any atom is -0.486 e. The molecule has 2 aromatic rings. The van der Waals surface area contributed by atoms with Crippen LogP contribution in [0.3, 0.4) is 0 Å². The van der Waals surface area contributed by atoms with Crippen LogP contribution >= 0.6 is 50.7 Å². The van der Waals surface area contributed by atoms with Crippen LogP contribution in [0, 0.1) is 0 Å². The summed E-state index contributed by atoms with van der Waals surface area (Å²) in [6, 6.07) is 8.34. The van der Waals surface area contributed by atoms with E-state index in [1.807, 2.05) is 0 Å². The number of carbonyl (C=O) groups is 1. The SMILES string of the molecule is O=Cc1cc(Cl)c(OCc2ccc(Cl)cc2Cl)c(Br)c1. The van der Waals surface area contributed by atoms with E-state index in [1.54, 1.807) is 24.3 Å². The Balaban J connectivity index is 2.21. The van der Waals surface area contributed by atoms with Crippen LogP contribution < -0.4 is 4.74 Å². The maximum Gasteiger partial charge on any atom is 0.152 e. The molecule has 0 heterocycles. The second kappa shape index (κ2) is 6.81. The molecule has 20 heavy (non-hydrogen) atoms. The average molecular weight is 394 g/mol. The molecule has 0 atom stereocenters. The second-order valence-corrected chi connectivity index (χ2v) is 6.06. The van der Waals surface area contributed by atoms with Crippen LogP contribution in [0.15, 0.2) is 34.8 Å². The number of hydrogen-bond donors (Lipinski definition) is 0. The zero-order chi connectivity index (χ0) is 14.7. The number of carbonyl (C=O) groups excluding carboxylic acids is 1. The summed E-state index contributed by atoms with van der Waals surface area (Å²) in [4.78, 5) is 10.7. The zero-order valence-corrected chi connectivity index (χ0v) is 13.9.